The minimum absolute atomic E-state index is 0.0793. The first kappa shape index (κ1) is 15.9. The molecule has 4 nitrogen and oxygen atoms in total. The number of para-hydroxylation sites is 1. The van der Waals surface area contributed by atoms with E-state index in [1.54, 1.807) is 18.2 Å². The fourth-order valence-electron chi connectivity index (χ4n) is 2.80. The van der Waals surface area contributed by atoms with Crippen LogP contribution in [0.25, 0.3) is 0 Å². The molecule has 1 unspecified atom stereocenters. The van der Waals surface area contributed by atoms with E-state index in [4.69, 9.17) is 0 Å². The maximum Gasteiger partial charge on any atom is 0.418 e. The second-order valence-electron chi connectivity index (χ2n) is 5.46. The summed E-state index contributed by atoms with van der Waals surface area (Å²) in [7, 11) is 0. The Labute approximate surface area is 144 Å². The Balaban J connectivity index is 1.79. The van der Waals surface area contributed by atoms with Gasteiger partial charge in [-0.2, -0.15) is 13.2 Å². The fraction of sp³-hybridized carbons (Fsp3) is 0.118. The highest BCUT2D eigenvalue weighted by molar-refractivity contribution is 8.05. The van der Waals surface area contributed by atoms with Crippen LogP contribution in [0.2, 0.25) is 0 Å². The average molecular weight is 362 g/mol. The van der Waals surface area contributed by atoms with Crippen LogP contribution in [0.3, 0.4) is 0 Å². The molecule has 4 rings (SSSR count). The summed E-state index contributed by atoms with van der Waals surface area (Å²) in [6.45, 7) is 0. The molecule has 1 aromatic carbocycles. The minimum Gasteiger partial charge on any atom is -0.267 e. The monoisotopic (exact) mass is 362 g/mol. The van der Waals surface area contributed by atoms with Crippen LogP contribution >= 0.6 is 11.8 Å². The third-order valence-electron chi connectivity index (χ3n) is 3.91. The molecular formula is C17H9F3N2O2S. The predicted molar refractivity (Wildman–Crippen MR) is 88.1 cm³/mol. The number of anilines is 1. The molecule has 25 heavy (non-hydrogen) atoms. The zero-order valence-corrected chi connectivity index (χ0v) is 13.3. The molecule has 0 fully saturated rings. The number of thioether (sulfide) groups is 1. The topological polar surface area (TPSA) is 49.7 Å². The first-order chi connectivity index (χ1) is 11.9. The van der Waals surface area contributed by atoms with Gasteiger partial charge in [0.05, 0.1) is 22.2 Å². The lowest BCUT2D eigenvalue weighted by Gasteiger charge is -2.20. The number of benzene rings is 1. The molecule has 0 saturated carbocycles. The summed E-state index contributed by atoms with van der Waals surface area (Å²) < 4.78 is 39.8. The number of rotatable bonds is 1. The first-order valence-electron chi connectivity index (χ1n) is 7.27. The Bertz CT molecular complexity index is 928. The molecule has 0 bridgehead atoms. The summed E-state index contributed by atoms with van der Waals surface area (Å²) in [5.41, 5.74) is -1.02. The number of aliphatic imine (C=N–C) groups is 1. The van der Waals surface area contributed by atoms with Crippen LogP contribution in [0.1, 0.15) is 5.56 Å². The van der Waals surface area contributed by atoms with E-state index in [1.807, 2.05) is 6.08 Å². The smallest absolute Gasteiger partial charge is 0.267 e. The van der Waals surface area contributed by atoms with E-state index in [2.05, 4.69) is 4.99 Å². The van der Waals surface area contributed by atoms with Gasteiger partial charge in [0.1, 0.15) is 10.6 Å². The van der Waals surface area contributed by atoms with Gasteiger partial charge in [-0.25, -0.2) is 9.89 Å². The van der Waals surface area contributed by atoms with Crippen molar-refractivity contribution in [2.24, 2.45) is 4.99 Å². The van der Waals surface area contributed by atoms with Crippen LogP contribution in [0.15, 0.2) is 64.2 Å². The number of carbonyl (C=O) groups is 2. The maximum absolute atomic E-state index is 13.3. The fourth-order valence-corrected chi connectivity index (χ4v) is 3.91. The van der Waals surface area contributed by atoms with Crippen LogP contribution in [0.4, 0.5) is 18.9 Å². The molecule has 2 heterocycles. The van der Waals surface area contributed by atoms with Crippen LogP contribution in [-0.4, -0.2) is 22.8 Å². The summed E-state index contributed by atoms with van der Waals surface area (Å²) in [5, 5.41) is -0.224. The first-order valence-corrected chi connectivity index (χ1v) is 8.15. The number of allylic oxidation sites excluding steroid dienone is 3. The molecule has 0 N–H and O–H groups in total. The van der Waals surface area contributed by atoms with E-state index in [0.717, 1.165) is 23.9 Å². The van der Waals surface area contributed by atoms with E-state index in [0.29, 0.717) is 10.6 Å². The number of hydrogen-bond acceptors (Lipinski definition) is 4. The summed E-state index contributed by atoms with van der Waals surface area (Å²) in [6, 6.07) is 4.52. The van der Waals surface area contributed by atoms with Crippen molar-refractivity contribution in [1.29, 1.82) is 0 Å². The molecule has 0 radical (unpaired) electrons. The normalized spacial score (nSPS) is 22.3. The molecule has 3 aliphatic rings. The van der Waals surface area contributed by atoms with Crippen LogP contribution in [-0.2, 0) is 15.8 Å². The number of nitrogens with zero attached hydrogens (tertiary/aromatic N) is 2. The average Bonchev–Trinajstić information content (AvgIpc) is 2.83. The highest BCUT2D eigenvalue weighted by Gasteiger charge is 2.46. The van der Waals surface area contributed by atoms with Crippen molar-refractivity contribution in [3.8, 4) is 0 Å². The highest BCUT2D eigenvalue weighted by atomic mass is 32.2. The lowest BCUT2D eigenvalue weighted by Crippen LogP contribution is -2.33. The summed E-state index contributed by atoms with van der Waals surface area (Å²) in [4.78, 5) is 30.1. The van der Waals surface area contributed by atoms with Crippen molar-refractivity contribution in [1.82, 2.24) is 0 Å². The van der Waals surface area contributed by atoms with E-state index in [1.165, 1.54) is 12.1 Å². The highest BCUT2D eigenvalue weighted by Crippen LogP contribution is 2.44. The number of alkyl halides is 3. The zero-order valence-electron chi connectivity index (χ0n) is 12.4. The Hall–Kier alpha value is -2.61. The van der Waals surface area contributed by atoms with E-state index in [-0.39, 0.29) is 15.9 Å². The van der Waals surface area contributed by atoms with Crippen LogP contribution in [0, 0.1) is 0 Å². The van der Waals surface area contributed by atoms with Crippen molar-refractivity contribution >= 4 is 35.0 Å². The van der Waals surface area contributed by atoms with Crippen molar-refractivity contribution in [2.75, 3.05) is 4.90 Å². The van der Waals surface area contributed by atoms with Gasteiger partial charge in [0, 0.05) is 0 Å². The number of halogens is 3. The molecule has 2 amide bonds. The Morgan fingerprint density at radius 3 is 2.60 bits per heavy atom. The van der Waals surface area contributed by atoms with E-state index >= 15 is 0 Å². The van der Waals surface area contributed by atoms with Crippen molar-refractivity contribution in [3.63, 3.8) is 0 Å². The van der Waals surface area contributed by atoms with Gasteiger partial charge in [0.15, 0.2) is 0 Å². The zero-order chi connectivity index (χ0) is 17.8. The largest absolute Gasteiger partial charge is 0.418 e. The Morgan fingerprint density at radius 1 is 1.08 bits per heavy atom. The summed E-state index contributed by atoms with van der Waals surface area (Å²) in [5.74, 6) is -1.61. The minimum atomic E-state index is -4.68. The molecule has 0 saturated heterocycles. The second-order valence-corrected chi connectivity index (χ2v) is 6.61. The van der Waals surface area contributed by atoms with Gasteiger partial charge >= 0.3 is 6.18 Å². The molecule has 0 spiro atoms. The Morgan fingerprint density at radius 2 is 1.84 bits per heavy atom. The van der Waals surface area contributed by atoms with E-state index < -0.39 is 29.2 Å². The van der Waals surface area contributed by atoms with Gasteiger partial charge in [0.25, 0.3) is 11.8 Å². The third-order valence-corrected chi connectivity index (χ3v) is 5.17. The lowest BCUT2D eigenvalue weighted by atomic mass is 10.1. The van der Waals surface area contributed by atoms with Gasteiger partial charge < -0.3 is 0 Å². The van der Waals surface area contributed by atoms with Gasteiger partial charge in [-0.1, -0.05) is 30.4 Å². The SMILES string of the molecule is O=C1C2=C(SC3C=CC=CC3=N2)C(=O)N1c1ccccc1C(F)(F)F. The maximum atomic E-state index is 13.3. The van der Waals surface area contributed by atoms with Crippen molar-refractivity contribution < 1.29 is 22.8 Å². The number of carbonyl (C=O) groups excluding carboxylic acids is 2. The third kappa shape index (κ3) is 2.44. The molecular weight excluding hydrogens is 353 g/mol. The number of imide groups is 1. The van der Waals surface area contributed by atoms with Gasteiger partial charge in [-0.15, -0.1) is 11.8 Å². The molecule has 126 valence electrons. The number of hydrogen-bond donors (Lipinski definition) is 0. The lowest BCUT2D eigenvalue weighted by molar-refractivity contribution is -0.137. The van der Waals surface area contributed by atoms with Gasteiger partial charge in [-0.3, -0.25) is 9.59 Å². The van der Waals surface area contributed by atoms with Crippen LogP contribution < -0.4 is 4.90 Å². The van der Waals surface area contributed by atoms with Gasteiger partial charge in [0.2, 0.25) is 0 Å². The number of amides is 2. The molecule has 0 aromatic heterocycles. The number of fused-ring (bicyclic) bond motifs is 1. The molecule has 1 aromatic rings. The predicted octanol–water partition coefficient (Wildman–Crippen LogP) is 3.47. The second kappa shape index (κ2) is 5.45. The molecule has 1 aliphatic carbocycles. The summed E-state index contributed by atoms with van der Waals surface area (Å²) in [6.07, 6.45) is 2.39. The van der Waals surface area contributed by atoms with E-state index in [9.17, 15) is 22.8 Å². The van der Waals surface area contributed by atoms with Crippen LogP contribution in [0.5, 0.6) is 0 Å². The van der Waals surface area contributed by atoms with Crippen molar-refractivity contribution in [2.45, 2.75) is 11.4 Å². The molecule has 8 heteroatoms. The quantitative estimate of drug-likeness (QED) is 0.719. The molecule has 2 aliphatic heterocycles. The standard InChI is InChI=1S/C17H9F3N2O2S/c18-17(19,20)9-5-1-3-7-11(9)22-15(23)13-14(16(22)24)25-12-8-4-2-6-10(12)21-13/h1-8,12H. The van der Waals surface area contributed by atoms with Crippen molar-refractivity contribution in [3.05, 3.63) is 64.7 Å². The van der Waals surface area contributed by atoms with Gasteiger partial charge in [-0.05, 0) is 18.2 Å². The summed E-state index contributed by atoms with van der Waals surface area (Å²) >= 11 is 1.13. The Kier molecular flexibility index (Phi) is 3.47. The molecule has 1 atom stereocenters.